The Kier molecular flexibility index (Phi) is 24.5. The number of rotatable bonds is 37. The van der Waals surface area contributed by atoms with Crippen LogP contribution in [-0.4, -0.2) is 219 Å². The summed E-state index contributed by atoms with van der Waals surface area (Å²) < 4.78 is 210. The normalized spacial score (nSPS) is 17.8. The van der Waals surface area contributed by atoms with Crippen LogP contribution in [0.5, 0.6) is 0 Å². The Morgan fingerprint density at radius 2 is 1.03 bits per heavy atom. The smallest absolute Gasteiger partial charge is 0.309 e. The van der Waals surface area contributed by atoms with Crippen molar-refractivity contribution in [3.8, 4) is 0 Å². The summed E-state index contributed by atoms with van der Waals surface area (Å²) in [7, 11) is -18.4. The third-order valence-electron chi connectivity index (χ3n) is 15.2. The Morgan fingerprint density at radius 1 is 0.573 bits per heavy atom. The lowest BCUT2D eigenvalue weighted by molar-refractivity contribution is -0.442. The Labute approximate surface area is 516 Å². The molecule has 31 heteroatoms. The molecule has 89 heavy (non-hydrogen) atoms. The van der Waals surface area contributed by atoms with Crippen molar-refractivity contribution in [1.29, 1.82) is 0 Å². The van der Waals surface area contributed by atoms with Gasteiger partial charge in [0.15, 0.2) is 23.8 Å². The van der Waals surface area contributed by atoms with Gasteiger partial charge in [0, 0.05) is 80.1 Å². The molecule has 1 atom stereocenters. The van der Waals surface area contributed by atoms with Crippen LogP contribution < -0.4 is 4.90 Å². The number of allylic oxidation sites excluding steroid dienone is 4. The second kappa shape index (κ2) is 30.7. The zero-order chi connectivity index (χ0) is 65.0. The van der Waals surface area contributed by atoms with Crippen LogP contribution in [0.2, 0.25) is 0 Å². The Balaban J connectivity index is 1.17. The quantitative estimate of drug-likeness (QED) is 0.0206. The first-order chi connectivity index (χ1) is 42.0. The van der Waals surface area contributed by atoms with Crippen LogP contribution in [0, 0.1) is 0 Å². The number of esters is 1. The van der Waals surface area contributed by atoms with Crippen LogP contribution in [0.1, 0.15) is 57.6 Å². The van der Waals surface area contributed by atoms with E-state index in [4.69, 9.17) is 47.4 Å². The van der Waals surface area contributed by atoms with E-state index < -0.39 is 94.5 Å². The SMILES string of the molecule is COCCOCCOCCOCCC1(C)C(=CC=CC2=[N+](CCOCCOCCOCCOCCC(=O)OC3C(=O)CCC3=O)c3ccc4c(S(=O)(=O)[O-])cc(S(=O)(=O)[O-])cc4c3C2(C)C)N(CCOC)c2ccc3c(S(=O)(=O)[O-])cc(S(=O)(=O)[O-])cc3c21. The molecule has 0 saturated heterocycles. The fraction of sp³-hybridized carbons (Fsp3) is 0.517. The lowest BCUT2D eigenvalue weighted by Crippen LogP contribution is -2.32. The van der Waals surface area contributed by atoms with Gasteiger partial charge in [-0.15, -0.1) is 0 Å². The fourth-order valence-electron chi connectivity index (χ4n) is 11.0. The van der Waals surface area contributed by atoms with Crippen LogP contribution >= 0.6 is 0 Å². The summed E-state index contributed by atoms with van der Waals surface area (Å²) in [6.45, 7) is 8.55. The van der Waals surface area contributed by atoms with Crippen molar-refractivity contribution in [2.45, 2.75) is 83.0 Å². The number of ketones is 2. The van der Waals surface area contributed by atoms with Gasteiger partial charge in [0.1, 0.15) is 47.1 Å². The van der Waals surface area contributed by atoms with Crippen LogP contribution in [0.25, 0.3) is 21.5 Å². The minimum atomic E-state index is -5.38. The molecule has 3 aliphatic rings. The van der Waals surface area contributed by atoms with Crippen molar-refractivity contribution >= 4 is 96.6 Å². The predicted octanol–water partition coefficient (Wildman–Crippen LogP) is 3.24. The van der Waals surface area contributed by atoms with E-state index in [-0.39, 0.29) is 146 Å². The summed E-state index contributed by atoms with van der Waals surface area (Å²) in [4.78, 5) is 33.6. The maximum atomic E-state index is 12.8. The molecular formula is C58H71N2O25S4-3. The number of methoxy groups -OCH3 is 2. The number of anilines is 1. The van der Waals surface area contributed by atoms with Crippen LogP contribution in [-0.2, 0) is 113 Å². The van der Waals surface area contributed by atoms with E-state index in [2.05, 4.69) is 0 Å². The molecule has 0 aromatic heterocycles. The highest BCUT2D eigenvalue weighted by molar-refractivity contribution is 7.87. The van der Waals surface area contributed by atoms with Crippen molar-refractivity contribution in [1.82, 2.24) is 0 Å². The van der Waals surface area contributed by atoms with E-state index >= 15 is 0 Å². The zero-order valence-corrected chi connectivity index (χ0v) is 53.0. The van der Waals surface area contributed by atoms with Crippen molar-refractivity contribution in [3.63, 3.8) is 0 Å². The molecule has 27 nitrogen and oxygen atoms in total. The van der Waals surface area contributed by atoms with Crippen molar-refractivity contribution < 1.29 is 118 Å². The van der Waals surface area contributed by atoms with E-state index in [1.165, 1.54) is 19.2 Å². The van der Waals surface area contributed by atoms with E-state index in [0.717, 1.165) is 12.1 Å². The largest absolute Gasteiger partial charge is 0.744 e. The maximum absolute atomic E-state index is 12.8. The van der Waals surface area contributed by atoms with E-state index in [1.807, 2.05) is 16.4 Å². The fourth-order valence-corrected chi connectivity index (χ4v) is 13.7. The average molecular weight is 1320 g/mol. The third-order valence-corrected chi connectivity index (χ3v) is 18.6. The highest BCUT2D eigenvalue weighted by Crippen LogP contribution is 2.54. The molecule has 0 radical (unpaired) electrons. The van der Waals surface area contributed by atoms with Crippen LogP contribution in [0.15, 0.2) is 92.0 Å². The van der Waals surface area contributed by atoms with Gasteiger partial charge in [-0.25, -0.2) is 33.7 Å². The molecular weight excluding hydrogens is 1250 g/mol. The number of carbonyl (C=O) groups is 3. The Bertz CT molecular complexity index is 3810. The molecule has 7 rings (SSSR count). The summed E-state index contributed by atoms with van der Waals surface area (Å²) in [5.74, 6) is -1.56. The number of fused-ring (bicyclic) bond motifs is 6. The molecule has 0 N–H and O–H groups in total. The highest BCUT2D eigenvalue weighted by Gasteiger charge is 2.47. The van der Waals surface area contributed by atoms with Gasteiger partial charge in [0.05, 0.1) is 124 Å². The first-order valence-corrected chi connectivity index (χ1v) is 33.8. The molecule has 1 saturated carbocycles. The number of hydrogen-bond donors (Lipinski definition) is 0. The van der Waals surface area contributed by atoms with E-state index in [0.29, 0.717) is 65.9 Å². The minimum absolute atomic E-state index is 0.00149. The number of hydrogen-bond acceptors (Lipinski definition) is 26. The second-order valence-corrected chi connectivity index (χ2v) is 26.9. The van der Waals surface area contributed by atoms with Gasteiger partial charge >= 0.3 is 5.97 Å². The summed E-state index contributed by atoms with van der Waals surface area (Å²) in [6.07, 6.45) is 3.97. The maximum Gasteiger partial charge on any atom is 0.309 e. The summed E-state index contributed by atoms with van der Waals surface area (Å²) in [5, 5.41) is -0.265. The summed E-state index contributed by atoms with van der Waals surface area (Å²) in [5.41, 5.74) is 0.310. The summed E-state index contributed by atoms with van der Waals surface area (Å²) in [6, 6.07) is 9.05. The molecule has 2 aliphatic heterocycles. The van der Waals surface area contributed by atoms with Gasteiger partial charge in [-0.3, -0.25) is 14.4 Å². The van der Waals surface area contributed by atoms with Crippen molar-refractivity contribution in [2.75, 3.05) is 138 Å². The molecule has 0 spiro atoms. The van der Waals surface area contributed by atoms with Crippen molar-refractivity contribution in [2.24, 2.45) is 0 Å². The van der Waals surface area contributed by atoms with Gasteiger partial charge in [-0.2, -0.15) is 4.58 Å². The second-order valence-electron chi connectivity index (χ2n) is 21.4. The lowest BCUT2D eigenvalue weighted by atomic mass is 9.76. The van der Waals surface area contributed by atoms with Crippen LogP contribution in [0.3, 0.4) is 0 Å². The Morgan fingerprint density at radius 3 is 1.53 bits per heavy atom. The minimum Gasteiger partial charge on any atom is -0.744 e. The highest BCUT2D eigenvalue weighted by atomic mass is 32.2. The molecule has 1 aliphatic carbocycles. The van der Waals surface area contributed by atoms with Gasteiger partial charge < -0.3 is 70.5 Å². The molecule has 0 bridgehead atoms. The number of benzene rings is 4. The zero-order valence-electron chi connectivity index (χ0n) is 49.7. The van der Waals surface area contributed by atoms with Gasteiger partial charge in [0.25, 0.3) is 0 Å². The first-order valence-electron chi connectivity index (χ1n) is 28.2. The Hall–Kier alpha value is -5.56. The molecule has 1 unspecified atom stereocenters. The molecule has 490 valence electrons. The number of nitrogens with zero attached hydrogens (tertiary/aromatic N) is 2. The van der Waals surface area contributed by atoms with E-state index in [1.54, 1.807) is 51.3 Å². The third kappa shape index (κ3) is 17.5. The molecule has 4 aromatic carbocycles. The predicted molar refractivity (Wildman–Crippen MR) is 312 cm³/mol. The standard InChI is InChI=1S/C58H74N2O25S4/c1-57(2)51(7-6-8-52-58(3,16-20-79-26-29-83-32-31-81-24-23-77-5)55-44-36-40(87(67,68)69)38-50(89(73,74)75)42(44)10-12-46(55)60(52)17-21-76-4)59(45-11-9-41-43(54(45)57)35-39(86(64,65)66)37-49(41)88(70,71)72)18-22-80-27-30-84-34-33-82-28-25-78-19-15-53(63)85-56-47(61)13-14-48(56)62/h6-12,35-38,56H,13-34H2,1-5H3,(H3-,64,65,66,67,68,69,70,71,72,73,74,75)/p-3. The van der Waals surface area contributed by atoms with Crippen LogP contribution in [0.4, 0.5) is 11.4 Å². The average Bonchev–Trinajstić information content (AvgIpc) is 1.62. The van der Waals surface area contributed by atoms with Gasteiger partial charge in [-0.05, 0) is 91.4 Å². The topological polar surface area (TPSA) is 379 Å². The molecule has 0 amide bonds. The van der Waals surface area contributed by atoms with E-state index in [9.17, 15) is 66.3 Å². The monoisotopic (exact) mass is 1320 g/mol. The molecule has 2 heterocycles. The number of Topliss-reactive ketones (excluding diaryl/α,β-unsaturated/α-hetero) is 2. The number of carbonyl (C=O) groups excluding carboxylic acids is 3. The lowest BCUT2D eigenvalue weighted by Gasteiger charge is -2.31. The first kappa shape index (κ1) is 70.9. The molecule has 1 fully saturated rings. The van der Waals surface area contributed by atoms with Crippen molar-refractivity contribution in [3.05, 3.63) is 83.6 Å². The summed E-state index contributed by atoms with van der Waals surface area (Å²) >= 11 is 0. The van der Waals surface area contributed by atoms with Gasteiger partial charge in [-0.1, -0.05) is 12.1 Å². The van der Waals surface area contributed by atoms with Gasteiger partial charge in [0.2, 0.25) is 11.8 Å². The molecule has 4 aromatic rings. The number of ether oxygens (including phenoxy) is 10.